The predicted molar refractivity (Wildman–Crippen MR) is 81.1 cm³/mol. The molecule has 1 atom stereocenters. The fourth-order valence-corrected chi connectivity index (χ4v) is 2.21. The van der Waals surface area contributed by atoms with Gasteiger partial charge in [0.1, 0.15) is 5.75 Å². The molecule has 0 saturated carbocycles. The van der Waals surface area contributed by atoms with Gasteiger partial charge in [-0.25, -0.2) is 0 Å². The molecule has 0 radical (unpaired) electrons. The molecule has 1 aromatic heterocycles. The van der Waals surface area contributed by atoms with Crippen molar-refractivity contribution in [3.8, 4) is 5.75 Å². The van der Waals surface area contributed by atoms with Crippen LogP contribution < -0.4 is 10.5 Å². The predicted octanol–water partition coefficient (Wildman–Crippen LogP) is 2.91. The van der Waals surface area contributed by atoms with Gasteiger partial charge in [0.05, 0.1) is 13.2 Å². The second-order valence-electron chi connectivity index (χ2n) is 5.62. The molecular formula is C16H23N3O2. The second-order valence-corrected chi connectivity index (χ2v) is 5.62. The number of hydrogen-bond donors (Lipinski definition) is 1. The van der Waals surface area contributed by atoms with Crippen LogP contribution in [0, 0.1) is 5.92 Å². The molecule has 21 heavy (non-hydrogen) atoms. The summed E-state index contributed by atoms with van der Waals surface area (Å²) in [6, 6.07) is 7.81. The third-order valence-electron chi connectivity index (χ3n) is 3.29. The fourth-order valence-electron chi connectivity index (χ4n) is 2.21. The maximum atomic E-state index is 6.04. The van der Waals surface area contributed by atoms with Crippen LogP contribution in [0.1, 0.15) is 43.7 Å². The van der Waals surface area contributed by atoms with E-state index in [-0.39, 0.29) is 6.04 Å². The summed E-state index contributed by atoms with van der Waals surface area (Å²) in [5, 5.41) is 8.12. The molecule has 0 aliphatic carbocycles. The highest BCUT2D eigenvalue weighted by Crippen LogP contribution is 2.19. The summed E-state index contributed by atoms with van der Waals surface area (Å²) < 4.78 is 10.9. The van der Waals surface area contributed by atoms with E-state index < -0.39 is 0 Å². The van der Waals surface area contributed by atoms with Gasteiger partial charge < -0.3 is 14.9 Å². The average molecular weight is 289 g/mol. The van der Waals surface area contributed by atoms with Crippen LogP contribution in [0.3, 0.4) is 0 Å². The number of nitrogens with two attached hydrogens (primary N) is 1. The van der Waals surface area contributed by atoms with Crippen LogP contribution in [-0.4, -0.2) is 17.3 Å². The van der Waals surface area contributed by atoms with Gasteiger partial charge >= 0.3 is 0 Å². The third-order valence-corrected chi connectivity index (χ3v) is 3.29. The molecule has 2 aromatic rings. The Balaban J connectivity index is 1.93. The number of aryl methyl sites for hydroxylation is 2. The number of hydrogen-bond acceptors (Lipinski definition) is 5. The number of rotatable bonds is 7. The zero-order chi connectivity index (χ0) is 15.2. The first-order valence-electron chi connectivity index (χ1n) is 7.29. The minimum Gasteiger partial charge on any atom is -0.497 e. The van der Waals surface area contributed by atoms with Crippen molar-refractivity contribution in [2.75, 3.05) is 7.11 Å². The Kier molecular flexibility index (Phi) is 5.33. The molecule has 5 heteroatoms. The second kappa shape index (κ2) is 7.22. The molecule has 0 aliphatic heterocycles. The summed E-state index contributed by atoms with van der Waals surface area (Å²) in [4.78, 5) is 0. The minimum atomic E-state index is -0.178. The highest BCUT2D eigenvalue weighted by molar-refractivity contribution is 5.28. The summed E-state index contributed by atoms with van der Waals surface area (Å²) in [7, 11) is 1.67. The topological polar surface area (TPSA) is 74.2 Å². The van der Waals surface area contributed by atoms with E-state index in [4.69, 9.17) is 14.9 Å². The summed E-state index contributed by atoms with van der Waals surface area (Å²) in [6.45, 7) is 4.25. The van der Waals surface area contributed by atoms with Gasteiger partial charge in [0.25, 0.3) is 0 Å². The lowest BCUT2D eigenvalue weighted by Crippen LogP contribution is -2.13. The number of aromatic nitrogens is 2. The van der Waals surface area contributed by atoms with Crippen LogP contribution in [0.5, 0.6) is 5.75 Å². The zero-order valence-corrected chi connectivity index (χ0v) is 12.9. The van der Waals surface area contributed by atoms with Crippen molar-refractivity contribution in [3.05, 3.63) is 41.6 Å². The van der Waals surface area contributed by atoms with E-state index in [0.29, 0.717) is 24.1 Å². The first-order valence-corrected chi connectivity index (χ1v) is 7.29. The van der Waals surface area contributed by atoms with Gasteiger partial charge in [0.15, 0.2) is 0 Å². The van der Waals surface area contributed by atoms with E-state index in [1.165, 1.54) is 5.56 Å². The van der Waals surface area contributed by atoms with E-state index in [9.17, 15) is 0 Å². The molecule has 0 saturated heterocycles. The smallest absolute Gasteiger partial charge is 0.233 e. The fraction of sp³-hybridized carbons (Fsp3) is 0.500. The van der Waals surface area contributed by atoms with E-state index in [1.54, 1.807) is 7.11 Å². The molecule has 2 rings (SSSR count). The Morgan fingerprint density at radius 3 is 2.76 bits per heavy atom. The first kappa shape index (κ1) is 15.5. The molecule has 0 fully saturated rings. The van der Waals surface area contributed by atoms with Crippen LogP contribution in [-0.2, 0) is 12.8 Å². The Labute approximate surface area is 125 Å². The van der Waals surface area contributed by atoms with Gasteiger partial charge in [0.2, 0.25) is 11.8 Å². The van der Waals surface area contributed by atoms with Gasteiger partial charge in [-0.15, -0.1) is 10.2 Å². The lowest BCUT2D eigenvalue weighted by atomic mass is 10.0. The van der Waals surface area contributed by atoms with Gasteiger partial charge in [-0.05, 0) is 36.5 Å². The highest BCUT2D eigenvalue weighted by Gasteiger charge is 2.15. The van der Waals surface area contributed by atoms with Crippen LogP contribution >= 0.6 is 0 Å². The number of methoxy groups -OCH3 is 1. The van der Waals surface area contributed by atoms with E-state index in [0.717, 1.165) is 18.6 Å². The highest BCUT2D eigenvalue weighted by atomic mass is 16.5. The lowest BCUT2D eigenvalue weighted by Gasteiger charge is -2.08. The van der Waals surface area contributed by atoms with Crippen molar-refractivity contribution >= 4 is 0 Å². The molecule has 0 amide bonds. The van der Waals surface area contributed by atoms with Crippen molar-refractivity contribution in [2.24, 2.45) is 11.7 Å². The molecule has 5 nitrogen and oxygen atoms in total. The summed E-state index contributed by atoms with van der Waals surface area (Å²) >= 11 is 0. The molecule has 0 bridgehead atoms. The number of nitrogens with zero attached hydrogens (tertiary/aromatic N) is 2. The summed E-state index contributed by atoms with van der Waals surface area (Å²) in [6.07, 6.45) is 2.38. The molecule has 0 spiro atoms. The van der Waals surface area contributed by atoms with E-state index in [1.807, 2.05) is 18.2 Å². The lowest BCUT2D eigenvalue weighted by molar-refractivity contribution is 0.383. The summed E-state index contributed by atoms with van der Waals surface area (Å²) in [5.41, 5.74) is 7.22. The minimum absolute atomic E-state index is 0.178. The third kappa shape index (κ3) is 4.56. The maximum Gasteiger partial charge on any atom is 0.233 e. The van der Waals surface area contributed by atoms with Crippen LogP contribution in [0.2, 0.25) is 0 Å². The quantitative estimate of drug-likeness (QED) is 0.848. The largest absolute Gasteiger partial charge is 0.497 e. The molecule has 1 heterocycles. The van der Waals surface area contributed by atoms with Crippen molar-refractivity contribution < 1.29 is 9.15 Å². The van der Waals surface area contributed by atoms with Crippen LogP contribution in [0.25, 0.3) is 0 Å². The zero-order valence-electron chi connectivity index (χ0n) is 12.9. The SMILES string of the molecule is COc1cccc(CCc2nnc(C(N)CC(C)C)o2)c1. The van der Waals surface area contributed by atoms with Crippen molar-refractivity contribution in [2.45, 2.75) is 39.2 Å². The molecule has 0 aliphatic rings. The molecular weight excluding hydrogens is 266 g/mol. The summed E-state index contributed by atoms with van der Waals surface area (Å²) in [5.74, 6) is 2.53. The average Bonchev–Trinajstić information content (AvgIpc) is 2.94. The van der Waals surface area contributed by atoms with Crippen LogP contribution in [0.4, 0.5) is 0 Å². The van der Waals surface area contributed by atoms with Crippen molar-refractivity contribution in [3.63, 3.8) is 0 Å². The van der Waals surface area contributed by atoms with Gasteiger partial charge in [-0.3, -0.25) is 0 Å². The van der Waals surface area contributed by atoms with Crippen molar-refractivity contribution in [1.82, 2.24) is 10.2 Å². The van der Waals surface area contributed by atoms with Crippen molar-refractivity contribution in [1.29, 1.82) is 0 Å². The Morgan fingerprint density at radius 1 is 1.24 bits per heavy atom. The standard InChI is InChI=1S/C16H23N3O2/c1-11(2)9-14(17)16-19-18-15(21-16)8-7-12-5-4-6-13(10-12)20-3/h4-6,10-11,14H,7-9,17H2,1-3H3. The number of benzene rings is 1. The Morgan fingerprint density at radius 2 is 2.05 bits per heavy atom. The Hall–Kier alpha value is -1.88. The van der Waals surface area contributed by atoms with Gasteiger partial charge in [-0.2, -0.15) is 0 Å². The monoisotopic (exact) mass is 289 g/mol. The normalized spacial score (nSPS) is 12.6. The van der Waals surface area contributed by atoms with E-state index in [2.05, 4.69) is 30.1 Å². The molecule has 1 unspecified atom stereocenters. The number of ether oxygens (including phenoxy) is 1. The van der Waals surface area contributed by atoms with Crippen LogP contribution in [0.15, 0.2) is 28.7 Å². The molecule has 1 aromatic carbocycles. The Bertz CT molecular complexity index is 566. The van der Waals surface area contributed by atoms with Gasteiger partial charge in [0, 0.05) is 6.42 Å². The maximum absolute atomic E-state index is 6.04. The van der Waals surface area contributed by atoms with E-state index >= 15 is 0 Å². The van der Waals surface area contributed by atoms with Gasteiger partial charge in [-0.1, -0.05) is 26.0 Å². The molecule has 2 N–H and O–H groups in total. The molecule has 114 valence electrons. The first-order chi connectivity index (χ1) is 10.1.